The molecule has 8 aromatic carbocycles. The molecular weight excluding hydrogens is 661 g/mol. The fraction of sp³-hybridized carbons (Fsp3) is 0. The van der Waals surface area contributed by atoms with Crippen LogP contribution in [-0.2, 0) is 0 Å². The van der Waals surface area contributed by atoms with Gasteiger partial charge in [0.2, 0.25) is 0 Å². The Hall–Kier alpha value is -5.93. The van der Waals surface area contributed by atoms with E-state index in [9.17, 15) is 0 Å². The van der Waals surface area contributed by atoms with Gasteiger partial charge in [-0.15, -0.1) is 0 Å². The third-order valence-electron chi connectivity index (χ3n) is 9.49. The molecule has 0 amide bonds. The summed E-state index contributed by atoms with van der Waals surface area (Å²) in [6.07, 6.45) is 0. The van der Waals surface area contributed by atoms with Gasteiger partial charge in [0.15, 0.2) is 0 Å². The van der Waals surface area contributed by atoms with Crippen molar-refractivity contribution in [1.29, 1.82) is 0 Å². The van der Waals surface area contributed by atoms with Gasteiger partial charge < -0.3 is 0 Å². The van der Waals surface area contributed by atoms with Crippen molar-refractivity contribution in [3.05, 3.63) is 164 Å². The van der Waals surface area contributed by atoms with Crippen molar-refractivity contribution in [2.75, 3.05) is 0 Å². The molecule has 0 unspecified atom stereocenters. The van der Waals surface area contributed by atoms with Gasteiger partial charge in [0.05, 0.1) is 0 Å². The van der Waals surface area contributed by atoms with Crippen molar-refractivity contribution in [1.82, 2.24) is 15.0 Å². The van der Waals surface area contributed by atoms with Crippen molar-refractivity contribution in [3.63, 3.8) is 0 Å². The van der Waals surface area contributed by atoms with E-state index in [0.717, 1.165) is 22.1 Å². The van der Waals surface area contributed by atoms with Crippen molar-refractivity contribution < 1.29 is 0 Å². The van der Waals surface area contributed by atoms with Gasteiger partial charge >= 0.3 is 290 Å². The molecular formula is C45H27N3Se. The molecule has 4 heteroatoms. The van der Waals surface area contributed by atoms with Crippen LogP contribution in [0.15, 0.2) is 164 Å². The molecule has 0 saturated heterocycles. The normalized spacial score (nSPS) is 11.7. The van der Waals surface area contributed by atoms with E-state index in [-0.39, 0.29) is 14.5 Å². The molecule has 2 heterocycles. The molecule has 10 rings (SSSR count). The Morgan fingerprint density at radius 1 is 0.347 bits per heavy atom. The van der Waals surface area contributed by atoms with Gasteiger partial charge in [-0.1, -0.05) is 0 Å². The number of hydrogen-bond acceptors (Lipinski definition) is 3. The van der Waals surface area contributed by atoms with E-state index >= 15 is 0 Å². The molecule has 2 aromatic heterocycles. The van der Waals surface area contributed by atoms with E-state index in [1.165, 1.54) is 57.4 Å². The second-order valence-electron chi connectivity index (χ2n) is 12.4. The predicted molar refractivity (Wildman–Crippen MR) is 206 cm³/mol. The fourth-order valence-electron chi connectivity index (χ4n) is 7.13. The van der Waals surface area contributed by atoms with Crippen molar-refractivity contribution in [2.45, 2.75) is 0 Å². The maximum absolute atomic E-state index is 5.24. The Bertz CT molecular complexity index is 2880. The molecule has 0 atom stereocenters. The van der Waals surface area contributed by atoms with E-state index in [0.29, 0.717) is 17.5 Å². The second-order valence-corrected chi connectivity index (χ2v) is 14.5. The molecule has 228 valence electrons. The van der Waals surface area contributed by atoms with Crippen LogP contribution in [0.4, 0.5) is 0 Å². The molecule has 10 aromatic rings. The number of aromatic nitrogens is 3. The first kappa shape index (κ1) is 28.1. The Labute approximate surface area is 288 Å². The van der Waals surface area contributed by atoms with Crippen molar-refractivity contribution >= 4 is 66.1 Å². The monoisotopic (exact) mass is 689 g/mol. The van der Waals surface area contributed by atoms with E-state index in [1.54, 1.807) is 0 Å². The Kier molecular flexibility index (Phi) is 6.51. The maximum atomic E-state index is 5.24. The van der Waals surface area contributed by atoms with Crippen LogP contribution in [-0.4, -0.2) is 29.5 Å². The third-order valence-corrected chi connectivity index (χ3v) is 12.1. The van der Waals surface area contributed by atoms with Crippen LogP contribution in [0.1, 0.15) is 0 Å². The summed E-state index contributed by atoms with van der Waals surface area (Å²) in [4.78, 5) is 15.5. The average molecular weight is 689 g/mol. The van der Waals surface area contributed by atoms with Gasteiger partial charge in [0, 0.05) is 0 Å². The predicted octanol–water partition coefficient (Wildman–Crippen LogP) is 11.4. The average Bonchev–Trinajstić information content (AvgIpc) is 3.56. The minimum absolute atomic E-state index is 0.0615. The first-order valence-electron chi connectivity index (χ1n) is 16.4. The minimum atomic E-state index is 0.0615. The number of nitrogens with zero attached hydrogens (tertiary/aromatic N) is 3. The molecule has 0 radical (unpaired) electrons. The Balaban J connectivity index is 1.28. The summed E-state index contributed by atoms with van der Waals surface area (Å²) in [7, 11) is 0. The zero-order valence-corrected chi connectivity index (χ0v) is 28.1. The van der Waals surface area contributed by atoms with Gasteiger partial charge in [-0.3, -0.25) is 0 Å². The van der Waals surface area contributed by atoms with Crippen LogP contribution in [0.5, 0.6) is 0 Å². The third kappa shape index (κ3) is 4.69. The molecule has 0 N–H and O–H groups in total. The van der Waals surface area contributed by atoms with Crippen molar-refractivity contribution in [3.8, 4) is 45.3 Å². The molecule has 0 aliphatic rings. The molecule has 3 nitrogen and oxygen atoms in total. The van der Waals surface area contributed by atoms with Gasteiger partial charge in [-0.25, -0.2) is 0 Å². The van der Waals surface area contributed by atoms with Crippen LogP contribution in [0.25, 0.3) is 96.9 Å². The SMILES string of the molecule is c1ccc(-c2nc(-c3ccc4ccccc4c3)nc(-c3ccc4c([se]c5c4ccc4ccc6ccccc6c45)c3-c3ccccc3)n2)cc1. The van der Waals surface area contributed by atoms with Gasteiger partial charge in [0.1, 0.15) is 0 Å². The van der Waals surface area contributed by atoms with E-state index in [2.05, 4.69) is 146 Å². The summed E-state index contributed by atoms with van der Waals surface area (Å²) in [5, 5.41) is 10.2. The van der Waals surface area contributed by atoms with Gasteiger partial charge in [-0.05, 0) is 0 Å². The van der Waals surface area contributed by atoms with Crippen LogP contribution in [0, 0.1) is 0 Å². The van der Waals surface area contributed by atoms with Crippen LogP contribution < -0.4 is 0 Å². The molecule has 0 bridgehead atoms. The van der Waals surface area contributed by atoms with Crippen LogP contribution in [0.2, 0.25) is 0 Å². The van der Waals surface area contributed by atoms with Crippen LogP contribution >= 0.6 is 0 Å². The molecule has 0 aliphatic heterocycles. The van der Waals surface area contributed by atoms with E-state index in [4.69, 9.17) is 15.0 Å². The van der Waals surface area contributed by atoms with E-state index < -0.39 is 0 Å². The first-order chi connectivity index (χ1) is 24.3. The molecule has 0 aliphatic carbocycles. The Morgan fingerprint density at radius 3 is 1.73 bits per heavy atom. The number of hydrogen-bond donors (Lipinski definition) is 0. The summed E-state index contributed by atoms with van der Waals surface area (Å²) in [6, 6.07) is 58.3. The van der Waals surface area contributed by atoms with Gasteiger partial charge in [0.25, 0.3) is 0 Å². The molecule has 0 saturated carbocycles. The zero-order valence-electron chi connectivity index (χ0n) is 26.3. The first-order valence-corrected chi connectivity index (χ1v) is 18.2. The summed E-state index contributed by atoms with van der Waals surface area (Å²) in [5.41, 5.74) is 5.34. The second kappa shape index (κ2) is 11.3. The summed E-state index contributed by atoms with van der Waals surface area (Å²) in [6.45, 7) is 0. The summed E-state index contributed by atoms with van der Waals surface area (Å²) >= 11 is 0.0615. The quantitative estimate of drug-likeness (QED) is 0.136. The van der Waals surface area contributed by atoms with Crippen LogP contribution in [0.3, 0.4) is 0 Å². The molecule has 0 spiro atoms. The number of rotatable bonds is 4. The fourth-order valence-corrected chi connectivity index (χ4v) is 10.2. The summed E-state index contributed by atoms with van der Waals surface area (Å²) in [5.74, 6) is 2.01. The Morgan fingerprint density at radius 2 is 0.918 bits per heavy atom. The number of fused-ring (bicyclic) bond motifs is 8. The van der Waals surface area contributed by atoms with Gasteiger partial charge in [-0.2, -0.15) is 0 Å². The van der Waals surface area contributed by atoms with E-state index in [1.807, 2.05) is 18.2 Å². The van der Waals surface area contributed by atoms with Crippen molar-refractivity contribution in [2.24, 2.45) is 0 Å². The summed E-state index contributed by atoms with van der Waals surface area (Å²) < 4.78 is 2.82. The standard InChI is InChI=1S/C45H27N3Se/c1-3-13-30(14-4-1)40-38(26-25-37-36-24-23-31-21-20-29-12-9-10-18-35(29)39(31)41(36)49-42(37)40)45-47-43(32-15-5-2-6-16-32)46-44(48-45)34-22-19-28-11-7-8-17-33(28)27-34/h1-27H. The topological polar surface area (TPSA) is 38.7 Å². The molecule has 49 heavy (non-hydrogen) atoms. The number of benzene rings is 8. The molecule has 0 fully saturated rings. The zero-order chi connectivity index (χ0) is 32.3.